The van der Waals surface area contributed by atoms with E-state index in [4.69, 9.17) is 16.3 Å². The Labute approximate surface area is 244 Å². The van der Waals surface area contributed by atoms with Crippen molar-refractivity contribution in [1.82, 2.24) is 4.90 Å². The third-order valence-electron chi connectivity index (χ3n) is 8.92. The first-order chi connectivity index (χ1) is 18.8. The Morgan fingerprint density at radius 2 is 2.00 bits per heavy atom. The van der Waals surface area contributed by atoms with Crippen LogP contribution in [0.4, 0.5) is 9.80 Å². The number of halogens is 2. The van der Waals surface area contributed by atoms with Gasteiger partial charge >= 0.3 is 0 Å². The first-order valence-electron chi connectivity index (χ1n) is 14.5. The van der Waals surface area contributed by atoms with Gasteiger partial charge in [-0.3, -0.25) is 9.59 Å². The Bertz CT molecular complexity index is 1190. The molecule has 3 aliphatic heterocycles. The van der Waals surface area contributed by atoms with Crippen molar-refractivity contribution in [3.8, 4) is 0 Å². The summed E-state index contributed by atoms with van der Waals surface area (Å²) < 4.78 is 22.7. The summed E-state index contributed by atoms with van der Waals surface area (Å²) in [4.78, 5) is 31.2. The summed E-state index contributed by atoms with van der Waals surface area (Å²) in [5.74, 6) is -0.863. The number of benzene rings is 1. The molecule has 0 unspecified atom stereocenters. The molecule has 1 aromatic rings. The molecule has 40 heavy (non-hydrogen) atoms. The molecular formula is C31H44ClFN2O4Si. The number of hydrogen-bond donors (Lipinski definition) is 1. The second-order valence-electron chi connectivity index (χ2n) is 12.5. The van der Waals surface area contributed by atoms with Gasteiger partial charge in [-0.2, -0.15) is 0 Å². The van der Waals surface area contributed by atoms with E-state index < -0.39 is 31.6 Å². The Kier molecular flexibility index (Phi) is 9.34. The number of nitrogens with zero attached hydrogens (tertiary/aromatic N) is 2. The van der Waals surface area contributed by atoms with Crippen molar-refractivity contribution in [3.05, 3.63) is 52.1 Å². The fourth-order valence-corrected chi connectivity index (χ4v) is 9.65. The second-order valence-corrected chi connectivity index (χ2v) is 16.7. The summed E-state index contributed by atoms with van der Waals surface area (Å²) in [6.07, 6.45) is 6.94. The standard InChI is InChI=1S/C31H44ClFN2O4Si/c1-20(2)9-7-10-21(3)14-16-35-26-13-12-23(32)17-25(26)31(30(35)38)22(4)29(40(5,6)33)27(39-31)18-28(37)34-15-8-11-24(34)19-36/h9,12-14,17,22,24,27,29,36H,7-8,10-11,15-16,18-19H2,1-6H3/b21-14+/t22-,24+,27+,29-,31+/m1/s1. The largest absolute Gasteiger partial charge is 0.394 e. The Hall–Kier alpha value is -2.00. The highest BCUT2D eigenvalue weighted by atomic mass is 35.5. The minimum absolute atomic E-state index is 0.0137. The number of rotatable bonds is 9. The zero-order valence-corrected chi connectivity index (χ0v) is 26.4. The molecule has 0 aliphatic carbocycles. The molecule has 4 rings (SSSR count). The fourth-order valence-electron chi connectivity index (χ4n) is 6.98. The van der Waals surface area contributed by atoms with Crippen LogP contribution in [-0.4, -0.2) is 62.1 Å². The molecule has 2 amide bonds. The average molecular weight is 591 g/mol. The van der Waals surface area contributed by atoms with Crippen molar-refractivity contribution >= 4 is 37.5 Å². The third-order valence-corrected chi connectivity index (χ3v) is 11.6. The SMILES string of the molecule is CC(C)=CCC/C(C)=C/CN1C(=O)[C@@]2(O[C@@H](CC(=O)N3CCC[C@H]3CO)[C@H]([Si](C)(C)F)[C@H]2C)c2cc(Cl)ccc21. The van der Waals surface area contributed by atoms with Crippen LogP contribution in [0.15, 0.2) is 41.5 Å². The number of aliphatic hydroxyl groups is 1. The Morgan fingerprint density at radius 1 is 1.27 bits per heavy atom. The fraction of sp³-hybridized carbons (Fsp3) is 0.613. The summed E-state index contributed by atoms with van der Waals surface area (Å²) in [6, 6.07) is 5.16. The van der Waals surface area contributed by atoms with Gasteiger partial charge in [-0.1, -0.05) is 41.8 Å². The molecule has 5 atom stereocenters. The summed E-state index contributed by atoms with van der Waals surface area (Å²) in [5, 5.41) is 10.2. The highest BCUT2D eigenvalue weighted by Crippen LogP contribution is 2.60. The molecule has 0 saturated carbocycles. The van der Waals surface area contributed by atoms with Gasteiger partial charge in [-0.05, 0) is 77.7 Å². The molecule has 3 heterocycles. The number of hydrogen-bond acceptors (Lipinski definition) is 4. The minimum atomic E-state index is -3.39. The van der Waals surface area contributed by atoms with E-state index in [0.29, 0.717) is 23.7 Å². The van der Waals surface area contributed by atoms with Gasteiger partial charge in [-0.15, -0.1) is 0 Å². The van der Waals surface area contributed by atoms with Gasteiger partial charge in [-0.25, -0.2) is 0 Å². The summed E-state index contributed by atoms with van der Waals surface area (Å²) in [5.41, 5.74) is 1.87. The van der Waals surface area contributed by atoms with Crippen LogP contribution >= 0.6 is 11.6 Å². The number of fused-ring (bicyclic) bond motifs is 2. The molecule has 1 spiro atoms. The van der Waals surface area contributed by atoms with Crippen molar-refractivity contribution in [2.24, 2.45) is 5.92 Å². The molecule has 1 aromatic carbocycles. The lowest BCUT2D eigenvalue weighted by atomic mass is 9.82. The molecule has 9 heteroatoms. The highest BCUT2D eigenvalue weighted by molar-refractivity contribution is 6.72. The molecule has 2 saturated heterocycles. The van der Waals surface area contributed by atoms with Crippen molar-refractivity contribution in [3.63, 3.8) is 0 Å². The highest BCUT2D eigenvalue weighted by Gasteiger charge is 2.67. The first-order valence-corrected chi connectivity index (χ1v) is 17.8. The van der Waals surface area contributed by atoms with Gasteiger partial charge in [0.25, 0.3) is 5.91 Å². The third kappa shape index (κ3) is 5.83. The second kappa shape index (κ2) is 12.1. The van der Waals surface area contributed by atoms with Gasteiger partial charge in [0.15, 0.2) is 5.60 Å². The quantitative estimate of drug-likeness (QED) is 0.202. The normalized spacial score (nSPS) is 28.5. The maximum Gasteiger partial charge on any atom is 0.264 e. The molecule has 6 nitrogen and oxygen atoms in total. The molecule has 0 aromatic heterocycles. The molecule has 220 valence electrons. The lowest BCUT2D eigenvalue weighted by Crippen LogP contribution is -2.45. The Balaban J connectivity index is 1.67. The molecule has 1 N–H and O–H groups in total. The van der Waals surface area contributed by atoms with E-state index in [1.54, 1.807) is 35.0 Å². The minimum Gasteiger partial charge on any atom is -0.394 e. The maximum absolute atomic E-state index is 16.0. The smallest absolute Gasteiger partial charge is 0.264 e. The number of aliphatic hydroxyl groups excluding tert-OH is 1. The van der Waals surface area contributed by atoms with Gasteiger partial charge in [0.1, 0.15) is 0 Å². The topological polar surface area (TPSA) is 70.1 Å². The van der Waals surface area contributed by atoms with Crippen molar-refractivity contribution < 1.29 is 23.5 Å². The molecular weight excluding hydrogens is 547 g/mol. The number of likely N-dealkylation sites (tertiary alicyclic amines) is 1. The van der Waals surface area contributed by atoms with Crippen LogP contribution in [-0.2, 0) is 19.9 Å². The maximum atomic E-state index is 16.0. The zero-order chi connectivity index (χ0) is 29.4. The van der Waals surface area contributed by atoms with E-state index in [1.807, 2.05) is 13.0 Å². The lowest BCUT2D eigenvalue weighted by molar-refractivity contribution is -0.149. The van der Waals surface area contributed by atoms with Gasteiger partial charge in [0, 0.05) is 35.1 Å². The van der Waals surface area contributed by atoms with E-state index in [1.165, 1.54) is 11.1 Å². The van der Waals surface area contributed by atoms with E-state index in [-0.39, 0.29) is 30.9 Å². The van der Waals surface area contributed by atoms with Crippen LogP contribution in [0.25, 0.3) is 0 Å². The van der Waals surface area contributed by atoms with E-state index in [2.05, 4.69) is 32.9 Å². The number of allylic oxidation sites excluding steroid dienone is 3. The van der Waals surface area contributed by atoms with E-state index in [0.717, 1.165) is 31.4 Å². The number of carbonyl (C=O) groups is 2. The van der Waals surface area contributed by atoms with Gasteiger partial charge < -0.3 is 23.8 Å². The summed E-state index contributed by atoms with van der Waals surface area (Å²) >= 11 is 6.45. The van der Waals surface area contributed by atoms with Crippen LogP contribution in [0.5, 0.6) is 0 Å². The predicted molar refractivity (Wildman–Crippen MR) is 161 cm³/mol. The van der Waals surface area contributed by atoms with Crippen LogP contribution in [0.1, 0.15) is 65.4 Å². The molecule has 3 aliphatic rings. The number of ether oxygens (including phenoxy) is 1. The van der Waals surface area contributed by atoms with Crippen LogP contribution < -0.4 is 4.90 Å². The molecule has 0 radical (unpaired) electrons. The Morgan fingerprint density at radius 3 is 2.65 bits per heavy atom. The van der Waals surface area contributed by atoms with E-state index in [9.17, 15) is 14.7 Å². The summed E-state index contributed by atoms with van der Waals surface area (Å²) in [6.45, 7) is 12.2. The number of anilines is 1. The lowest BCUT2D eigenvalue weighted by Gasteiger charge is -2.31. The van der Waals surface area contributed by atoms with E-state index >= 15 is 4.11 Å². The number of amides is 2. The molecule has 2 fully saturated rings. The average Bonchev–Trinajstić information content (AvgIpc) is 3.52. The molecule has 0 bridgehead atoms. The van der Waals surface area contributed by atoms with Crippen molar-refractivity contribution in [1.29, 1.82) is 0 Å². The van der Waals surface area contributed by atoms with Gasteiger partial charge in [0.2, 0.25) is 14.3 Å². The monoisotopic (exact) mass is 590 g/mol. The predicted octanol–water partition coefficient (Wildman–Crippen LogP) is 6.53. The summed E-state index contributed by atoms with van der Waals surface area (Å²) in [7, 11) is -3.39. The van der Waals surface area contributed by atoms with Crippen LogP contribution in [0.2, 0.25) is 23.7 Å². The van der Waals surface area contributed by atoms with Gasteiger partial charge in [0.05, 0.1) is 30.9 Å². The van der Waals surface area contributed by atoms with Crippen molar-refractivity contribution in [2.45, 2.75) is 96.2 Å². The zero-order valence-electron chi connectivity index (χ0n) is 24.7. The first kappa shape index (κ1) is 30.9. The van der Waals surface area contributed by atoms with Crippen molar-refractivity contribution in [2.75, 3.05) is 24.6 Å². The number of carbonyl (C=O) groups excluding carboxylic acids is 2. The van der Waals surface area contributed by atoms with Crippen LogP contribution in [0.3, 0.4) is 0 Å². The van der Waals surface area contributed by atoms with Crippen LogP contribution in [0, 0.1) is 5.92 Å².